The van der Waals surface area contributed by atoms with Crippen LogP contribution in [0.4, 0.5) is 5.69 Å². The largest absolute Gasteiger partial charge is 0.478 e. The average molecular weight is 236 g/mol. The molecular formula is C12H16N2O3. The number of aryl methyl sites for hydroxylation is 1. The van der Waals surface area contributed by atoms with Crippen LogP contribution in [0.15, 0.2) is 18.2 Å². The molecular weight excluding hydrogens is 220 g/mol. The Bertz CT molecular complexity index is 430. The normalized spacial score (nSPS) is 10.0. The molecule has 5 heteroatoms. The van der Waals surface area contributed by atoms with Crippen molar-refractivity contribution in [3.8, 4) is 0 Å². The SMILES string of the molecule is CNCCC(=O)Nc1ccc(C(=O)O)cc1C. The van der Waals surface area contributed by atoms with E-state index in [1.54, 1.807) is 20.0 Å². The predicted octanol–water partition coefficient (Wildman–Crippen LogP) is 1.24. The molecule has 0 spiro atoms. The first kappa shape index (κ1) is 13.2. The minimum atomic E-state index is -0.971. The van der Waals surface area contributed by atoms with Crippen LogP contribution >= 0.6 is 0 Å². The van der Waals surface area contributed by atoms with Crippen molar-refractivity contribution in [1.29, 1.82) is 0 Å². The van der Waals surface area contributed by atoms with Crippen LogP contribution in [0, 0.1) is 6.92 Å². The van der Waals surface area contributed by atoms with Crippen molar-refractivity contribution in [2.75, 3.05) is 18.9 Å². The molecule has 0 bridgehead atoms. The van der Waals surface area contributed by atoms with Gasteiger partial charge in [0.15, 0.2) is 0 Å². The van der Waals surface area contributed by atoms with Gasteiger partial charge in [-0.15, -0.1) is 0 Å². The van der Waals surface area contributed by atoms with E-state index >= 15 is 0 Å². The van der Waals surface area contributed by atoms with Gasteiger partial charge < -0.3 is 15.7 Å². The van der Waals surface area contributed by atoms with Crippen molar-refractivity contribution in [3.05, 3.63) is 29.3 Å². The molecule has 0 aliphatic rings. The molecule has 5 nitrogen and oxygen atoms in total. The highest BCUT2D eigenvalue weighted by molar-refractivity contribution is 5.93. The molecule has 17 heavy (non-hydrogen) atoms. The predicted molar refractivity (Wildman–Crippen MR) is 65.3 cm³/mol. The van der Waals surface area contributed by atoms with E-state index < -0.39 is 5.97 Å². The first-order chi connectivity index (χ1) is 8.04. The van der Waals surface area contributed by atoms with Crippen LogP contribution in [0.5, 0.6) is 0 Å². The molecule has 0 fully saturated rings. The Morgan fingerprint density at radius 3 is 2.59 bits per heavy atom. The summed E-state index contributed by atoms with van der Waals surface area (Å²) in [5.41, 5.74) is 1.61. The summed E-state index contributed by atoms with van der Waals surface area (Å²) in [6, 6.07) is 4.62. The van der Waals surface area contributed by atoms with E-state index in [1.165, 1.54) is 12.1 Å². The Morgan fingerprint density at radius 2 is 2.06 bits per heavy atom. The highest BCUT2D eigenvalue weighted by atomic mass is 16.4. The topological polar surface area (TPSA) is 78.4 Å². The van der Waals surface area contributed by atoms with Crippen LogP contribution in [0.1, 0.15) is 22.3 Å². The Kier molecular flexibility index (Phi) is 4.66. The fourth-order valence-electron chi connectivity index (χ4n) is 1.39. The van der Waals surface area contributed by atoms with Gasteiger partial charge in [0, 0.05) is 18.7 Å². The molecule has 0 aromatic heterocycles. The third-order valence-electron chi connectivity index (χ3n) is 2.35. The van der Waals surface area contributed by atoms with Crippen molar-refractivity contribution in [1.82, 2.24) is 5.32 Å². The zero-order valence-corrected chi connectivity index (χ0v) is 9.91. The summed E-state index contributed by atoms with van der Waals surface area (Å²) in [5, 5.41) is 14.4. The molecule has 0 aliphatic carbocycles. The van der Waals surface area contributed by atoms with Gasteiger partial charge in [-0.3, -0.25) is 4.79 Å². The average Bonchev–Trinajstić information content (AvgIpc) is 2.28. The number of rotatable bonds is 5. The molecule has 0 atom stereocenters. The first-order valence-electron chi connectivity index (χ1n) is 5.33. The molecule has 3 N–H and O–H groups in total. The van der Waals surface area contributed by atoms with E-state index in [0.717, 1.165) is 5.56 Å². The molecule has 92 valence electrons. The summed E-state index contributed by atoms with van der Waals surface area (Å²) < 4.78 is 0. The zero-order chi connectivity index (χ0) is 12.8. The fraction of sp³-hybridized carbons (Fsp3) is 0.333. The fourth-order valence-corrected chi connectivity index (χ4v) is 1.39. The van der Waals surface area contributed by atoms with Gasteiger partial charge in [0.25, 0.3) is 0 Å². The Labute approximate surface area is 99.8 Å². The van der Waals surface area contributed by atoms with E-state index in [4.69, 9.17) is 5.11 Å². The third-order valence-corrected chi connectivity index (χ3v) is 2.35. The summed E-state index contributed by atoms with van der Waals surface area (Å²) in [6.07, 6.45) is 0.386. The van der Waals surface area contributed by atoms with E-state index in [1.807, 2.05) is 0 Å². The summed E-state index contributed by atoms with van der Waals surface area (Å²) in [6.45, 7) is 2.37. The Morgan fingerprint density at radius 1 is 1.35 bits per heavy atom. The molecule has 0 unspecified atom stereocenters. The standard InChI is InChI=1S/C12H16N2O3/c1-8-7-9(12(16)17)3-4-10(8)14-11(15)5-6-13-2/h3-4,7,13H,5-6H2,1-2H3,(H,14,15)(H,16,17). The van der Waals surface area contributed by atoms with Gasteiger partial charge in [-0.1, -0.05) is 0 Å². The van der Waals surface area contributed by atoms with Crippen molar-refractivity contribution in [2.45, 2.75) is 13.3 Å². The maximum Gasteiger partial charge on any atom is 0.335 e. The number of nitrogens with one attached hydrogen (secondary N) is 2. The van der Waals surface area contributed by atoms with Gasteiger partial charge in [0.05, 0.1) is 5.56 Å². The van der Waals surface area contributed by atoms with Gasteiger partial charge >= 0.3 is 5.97 Å². The number of hydrogen-bond acceptors (Lipinski definition) is 3. The van der Waals surface area contributed by atoms with Crippen molar-refractivity contribution in [3.63, 3.8) is 0 Å². The molecule has 0 saturated heterocycles. The minimum absolute atomic E-state index is 0.0921. The van der Waals surface area contributed by atoms with Crippen LogP contribution in [-0.4, -0.2) is 30.6 Å². The lowest BCUT2D eigenvalue weighted by Crippen LogP contribution is -2.19. The number of carbonyl (C=O) groups excluding carboxylic acids is 1. The molecule has 1 amide bonds. The summed E-state index contributed by atoms with van der Waals surface area (Å²) in [5.74, 6) is -1.06. The molecule has 0 saturated carbocycles. The lowest BCUT2D eigenvalue weighted by atomic mass is 10.1. The molecule has 0 heterocycles. The number of carboxylic acids is 1. The maximum atomic E-state index is 11.5. The summed E-state index contributed by atoms with van der Waals surface area (Å²) >= 11 is 0. The summed E-state index contributed by atoms with van der Waals surface area (Å²) in [4.78, 5) is 22.2. The van der Waals surface area contributed by atoms with E-state index in [2.05, 4.69) is 10.6 Å². The van der Waals surface area contributed by atoms with Crippen LogP contribution < -0.4 is 10.6 Å². The van der Waals surface area contributed by atoms with Gasteiger partial charge in [-0.2, -0.15) is 0 Å². The second-order valence-electron chi connectivity index (χ2n) is 3.74. The molecule has 0 radical (unpaired) electrons. The highest BCUT2D eigenvalue weighted by Gasteiger charge is 2.07. The summed E-state index contributed by atoms with van der Waals surface area (Å²) in [7, 11) is 1.78. The van der Waals surface area contributed by atoms with Crippen LogP contribution in [0.25, 0.3) is 0 Å². The van der Waals surface area contributed by atoms with Crippen LogP contribution in [-0.2, 0) is 4.79 Å². The monoisotopic (exact) mass is 236 g/mol. The maximum absolute atomic E-state index is 11.5. The molecule has 1 aromatic rings. The number of benzene rings is 1. The number of hydrogen-bond donors (Lipinski definition) is 3. The Balaban J connectivity index is 2.72. The minimum Gasteiger partial charge on any atom is -0.478 e. The van der Waals surface area contributed by atoms with Gasteiger partial charge in [-0.25, -0.2) is 4.79 Å². The van der Waals surface area contributed by atoms with E-state index in [9.17, 15) is 9.59 Å². The van der Waals surface area contributed by atoms with E-state index in [-0.39, 0.29) is 11.5 Å². The highest BCUT2D eigenvalue weighted by Crippen LogP contribution is 2.16. The quantitative estimate of drug-likeness (QED) is 0.718. The van der Waals surface area contributed by atoms with Crippen molar-refractivity contribution in [2.24, 2.45) is 0 Å². The lowest BCUT2D eigenvalue weighted by molar-refractivity contribution is -0.116. The zero-order valence-electron chi connectivity index (χ0n) is 9.91. The Hall–Kier alpha value is -1.88. The van der Waals surface area contributed by atoms with Crippen molar-refractivity contribution < 1.29 is 14.7 Å². The first-order valence-corrected chi connectivity index (χ1v) is 5.33. The number of anilines is 1. The smallest absolute Gasteiger partial charge is 0.335 e. The number of aromatic carboxylic acids is 1. The third kappa shape index (κ3) is 3.88. The number of carbonyl (C=O) groups is 2. The number of amides is 1. The lowest BCUT2D eigenvalue weighted by Gasteiger charge is -2.08. The second-order valence-corrected chi connectivity index (χ2v) is 3.74. The van der Waals surface area contributed by atoms with E-state index in [0.29, 0.717) is 18.7 Å². The molecule has 0 aliphatic heterocycles. The second kappa shape index (κ2) is 6.00. The van der Waals surface area contributed by atoms with Gasteiger partial charge in [-0.05, 0) is 37.7 Å². The van der Waals surface area contributed by atoms with Crippen LogP contribution in [0.3, 0.4) is 0 Å². The van der Waals surface area contributed by atoms with Gasteiger partial charge in [0.1, 0.15) is 0 Å². The van der Waals surface area contributed by atoms with Crippen molar-refractivity contribution >= 4 is 17.6 Å². The number of carboxylic acid groups (broad SMARTS) is 1. The van der Waals surface area contributed by atoms with Crippen LogP contribution in [0.2, 0.25) is 0 Å². The molecule has 1 rings (SSSR count). The molecule has 1 aromatic carbocycles. The van der Waals surface area contributed by atoms with Gasteiger partial charge in [0.2, 0.25) is 5.91 Å².